The first kappa shape index (κ1) is 12.1. The van der Waals surface area contributed by atoms with Crippen LogP contribution in [0.1, 0.15) is 0 Å². The first-order valence-electron chi connectivity index (χ1n) is 4.96. The largest absolute Gasteiger partial charge is 0.618 e. The molecule has 0 unspecified atom stereocenters. The SMILES string of the molecule is COc1ccc(SSc2cccc[n+]2[O-])cc1. The van der Waals surface area contributed by atoms with Crippen molar-refractivity contribution < 1.29 is 9.47 Å². The number of hydrogen-bond donors (Lipinski definition) is 0. The number of hydrogen-bond acceptors (Lipinski definition) is 4. The summed E-state index contributed by atoms with van der Waals surface area (Å²) in [7, 11) is 4.63. The third kappa shape index (κ3) is 3.31. The van der Waals surface area contributed by atoms with Crippen LogP contribution in [-0.4, -0.2) is 7.11 Å². The summed E-state index contributed by atoms with van der Waals surface area (Å²) < 4.78 is 5.94. The Balaban J connectivity index is 2.00. The third-order valence-corrected chi connectivity index (χ3v) is 4.45. The van der Waals surface area contributed by atoms with Gasteiger partial charge in [0.15, 0.2) is 6.20 Å². The van der Waals surface area contributed by atoms with Crippen LogP contribution in [0.2, 0.25) is 0 Å². The van der Waals surface area contributed by atoms with Crippen molar-refractivity contribution in [2.75, 3.05) is 7.11 Å². The summed E-state index contributed by atoms with van der Waals surface area (Å²) in [5.74, 6) is 0.831. The molecule has 0 N–H and O–H groups in total. The summed E-state index contributed by atoms with van der Waals surface area (Å²) in [5, 5.41) is 12.1. The van der Waals surface area contributed by atoms with Crippen molar-refractivity contribution in [3.8, 4) is 5.75 Å². The number of pyridine rings is 1. The van der Waals surface area contributed by atoms with Crippen LogP contribution in [0.4, 0.5) is 0 Å². The van der Waals surface area contributed by atoms with E-state index in [1.54, 1.807) is 30.0 Å². The molecule has 0 saturated carbocycles. The Hall–Kier alpha value is -1.33. The number of benzene rings is 1. The number of aromatic nitrogens is 1. The average molecular weight is 265 g/mol. The van der Waals surface area contributed by atoms with E-state index in [0.717, 1.165) is 15.4 Å². The van der Waals surface area contributed by atoms with Gasteiger partial charge in [-0.3, -0.25) is 0 Å². The Labute approximate surface area is 108 Å². The molecule has 3 nitrogen and oxygen atoms in total. The van der Waals surface area contributed by atoms with Gasteiger partial charge >= 0.3 is 0 Å². The molecule has 1 aromatic carbocycles. The lowest BCUT2D eigenvalue weighted by Crippen LogP contribution is -2.27. The van der Waals surface area contributed by atoms with E-state index in [2.05, 4.69) is 0 Å². The van der Waals surface area contributed by atoms with Crippen LogP contribution in [0.15, 0.2) is 58.6 Å². The van der Waals surface area contributed by atoms with Gasteiger partial charge in [-0.25, -0.2) is 0 Å². The summed E-state index contributed by atoms with van der Waals surface area (Å²) in [4.78, 5) is 1.08. The second-order valence-corrected chi connectivity index (χ2v) is 5.43. The van der Waals surface area contributed by atoms with E-state index in [0.29, 0.717) is 5.03 Å². The summed E-state index contributed by atoms with van der Waals surface area (Å²) in [6.07, 6.45) is 1.50. The molecule has 0 atom stereocenters. The maximum atomic E-state index is 11.4. The zero-order valence-electron chi connectivity index (χ0n) is 9.20. The number of nitrogens with zero attached hydrogens (tertiary/aromatic N) is 1. The van der Waals surface area contributed by atoms with Crippen molar-refractivity contribution in [2.45, 2.75) is 9.92 Å². The van der Waals surface area contributed by atoms with Gasteiger partial charge in [-0.2, -0.15) is 4.73 Å². The molecule has 0 amide bonds. The average Bonchev–Trinajstić information content (AvgIpc) is 2.38. The van der Waals surface area contributed by atoms with E-state index >= 15 is 0 Å². The van der Waals surface area contributed by atoms with Crippen LogP contribution in [-0.2, 0) is 0 Å². The lowest BCUT2D eigenvalue weighted by atomic mass is 10.3. The monoisotopic (exact) mass is 265 g/mol. The van der Waals surface area contributed by atoms with Gasteiger partial charge in [-0.05, 0) is 41.1 Å². The molecule has 0 spiro atoms. The van der Waals surface area contributed by atoms with E-state index < -0.39 is 0 Å². The minimum absolute atomic E-state index is 0.674. The minimum atomic E-state index is 0.674. The summed E-state index contributed by atoms with van der Waals surface area (Å²) in [5.41, 5.74) is 0. The Morgan fingerprint density at radius 2 is 1.82 bits per heavy atom. The highest BCUT2D eigenvalue weighted by atomic mass is 33.1. The van der Waals surface area contributed by atoms with Crippen LogP contribution in [0.3, 0.4) is 0 Å². The van der Waals surface area contributed by atoms with Crippen molar-refractivity contribution in [2.24, 2.45) is 0 Å². The van der Waals surface area contributed by atoms with E-state index in [1.807, 2.05) is 30.3 Å². The maximum Gasteiger partial charge on any atom is 0.262 e. The zero-order chi connectivity index (χ0) is 12.1. The van der Waals surface area contributed by atoms with Gasteiger partial charge in [0.05, 0.1) is 7.11 Å². The van der Waals surface area contributed by atoms with Gasteiger partial charge < -0.3 is 9.94 Å². The van der Waals surface area contributed by atoms with Crippen molar-refractivity contribution >= 4 is 21.6 Å². The molecule has 2 rings (SSSR count). The molecule has 0 aliphatic heterocycles. The van der Waals surface area contributed by atoms with Crippen molar-refractivity contribution in [1.82, 2.24) is 0 Å². The second-order valence-electron chi connectivity index (χ2n) is 3.21. The van der Waals surface area contributed by atoms with Gasteiger partial charge in [-0.15, -0.1) is 0 Å². The topological polar surface area (TPSA) is 36.2 Å². The highest BCUT2D eigenvalue weighted by Gasteiger charge is 2.05. The van der Waals surface area contributed by atoms with Crippen molar-refractivity contribution in [3.05, 3.63) is 53.9 Å². The molecule has 0 saturated heterocycles. The standard InChI is InChI=1S/C12H11NO2S2/c1-15-10-5-7-11(8-6-10)16-17-12-4-2-3-9-13(12)14/h2-9H,1H3. The van der Waals surface area contributed by atoms with Gasteiger partial charge in [0.2, 0.25) is 0 Å². The van der Waals surface area contributed by atoms with Crippen LogP contribution >= 0.6 is 21.6 Å². The normalized spacial score (nSPS) is 10.2. The van der Waals surface area contributed by atoms with E-state index in [4.69, 9.17) is 4.74 Å². The molecular formula is C12H11NO2S2. The first-order valence-corrected chi connectivity index (χ1v) is 7.11. The predicted molar refractivity (Wildman–Crippen MR) is 70.1 cm³/mol. The lowest BCUT2D eigenvalue weighted by Gasteiger charge is -2.03. The number of rotatable bonds is 4. The van der Waals surface area contributed by atoms with Crippen molar-refractivity contribution in [1.29, 1.82) is 0 Å². The van der Waals surface area contributed by atoms with E-state index in [9.17, 15) is 5.21 Å². The smallest absolute Gasteiger partial charge is 0.262 e. The summed E-state index contributed by atoms with van der Waals surface area (Å²) in [6, 6.07) is 13.1. The highest BCUT2D eigenvalue weighted by Crippen LogP contribution is 2.35. The molecule has 0 bridgehead atoms. The Kier molecular flexibility index (Phi) is 4.17. The molecule has 88 valence electrons. The predicted octanol–water partition coefficient (Wildman–Crippen LogP) is 3.13. The molecule has 0 aliphatic carbocycles. The number of methoxy groups -OCH3 is 1. The minimum Gasteiger partial charge on any atom is -0.618 e. The molecule has 2 aromatic rings. The fourth-order valence-electron chi connectivity index (χ4n) is 1.20. The van der Waals surface area contributed by atoms with Gasteiger partial charge in [0.25, 0.3) is 5.03 Å². The van der Waals surface area contributed by atoms with Crippen LogP contribution < -0.4 is 9.47 Å². The van der Waals surface area contributed by atoms with Crippen LogP contribution in [0, 0.1) is 5.21 Å². The fourth-order valence-corrected chi connectivity index (χ4v) is 3.16. The summed E-state index contributed by atoms with van der Waals surface area (Å²) in [6.45, 7) is 0. The highest BCUT2D eigenvalue weighted by molar-refractivity contribution is 8.76. The molecule has 0 aliphatic rings. The molecule has 0 radical (unpaired) electrons. The maximum absolute atomic E-state index is 11.4. The lowest BCUT2D eigenvalue weighted by molar-refractivity contribution is -0.645. The summed E-state index contributed by atoms with van der Waals surface area (Å²) >= 11 is 0. The first-order chi connectivity index (χ1) is 8.29. The quantitative estimate of drug-likeness (QED) is 0.483. The van der Waals surface area contributed by atoms with Gasteiger partial charge in [-0.1, -0.05) is 0 Å². The Morgan fingerprint density at radius 1 is 1.06 bits per heavy atom. The second kappa shape index (κ2) is 5.84. The molecule has 1 aromatic heterocycles. The zero-order valence-corrected chi connectivity index (χ0v) is 10.8. The fraction of sp³-hybridized carbons (Fsp3) is 0.0833. The molecule has 17 heavy (non-hydrogen) atoms. The van der Waals surface area contributed by atoms with Gasteiger partial charge in [0, 0.05) is 27.8 Å². The van der Waals surface area contributed by atoms with Crippen LogP contribution in [0.5, 0.6) is 5.75 Å². The van der Waals surface area contributed by atoms with Gasteiger partial charge in [0.1, 0.15) is 5.75 Å². The van der Waals surface area contributed by atoms with E-state index in [1.165, 1.54) is 17.0 Å². The molecular weight excluding hydrogens is 254 g/mol. The third-order valence-electron chi connectivity index (χ3n) is 2.07. The number of ether oxygens (including phenoxy) is 1. The van der Waals surface area contributed by atoms with Crippen LogP contribution in [0.25, 0.3) is 0 Å². The molecule has 5 heteroatoms. The molecule has 1 heterocycles. The van der Waals surface area contributed by atoms with E-state index in [-0.39, 0.29) is 0 Å². The van der Waals surface area contributed by atoms with Crippen molar-refractivity contribution in [3.63, 3.8) is 0 Å². The molecule has 0 fully saturated rings. The Bertz CT molecular complexity index is 488. The Morgan fingerprint density at radius 3 is 2.47 bits per heavy atom.